The minimum absolute atomic E-state index is 0.322. The Hall–Kier alpha value is -1.65. The number of aromatic nitrogens is 2. The number of hydrogen-bond donors (Lipinski definition) is 1. The van der Waals surface area contributed by atoms with Crippen LogP contribution >= 0.6 is 0 Å². The van der Waals surface area contributed by atoms with Gasteiger partial charge >= 0.3 is 0 Å². The van der Waals surface area contributed by atoms with E-state index in [0.717, 1.165) is 18.5 Å². The topological polar surface area (TPSA) is 47.3 Å². The number of aliphatic hydroxyl groups excluding tert-OH is 1. The fourth-order valence-electron chi connectivity index (χ4n) is 2.68. The van der Waals surface area contributed by atoms with Crippen LogP contribution in [-0.4, -0.2) is 21.3 Å². The number of nitrogens with zero attached hydrogens (tertiary/aromatic N) is 2. The molecular formula is C15H18N2O2. The summed E-state index contributed by atoms with van der Waals surface area (Å²) in [5, 5.41) is 10.6. The van der Waals surface area contributed by atoms with E-state index < -0.39 is 6.10 Å². The summed E-state index contributed by atoms with van der Waals surface area (Å²) in [6, 6.07) is 8.14. The zero-order chi connectivity index (χ0) is 13.2. The Morgan fingerprint density at radius 1 is 1.47 bits per heavy atom. The highest BCUT2D eigenvalue weighted by Gasteiger charge is 2.30. The molecule has 0 amide bonds. The third-order valence-electron chi connectivity index (χ3n) is 3.67. The molecule has 4 heteroatoms. The maximum atomic E-state index is 10.6. The predicted molar refractivity (Wildman–Crippen MR) is 71.7 cm³/mol. The molecule has 2 unspecified atom stereocenters. The Morgan fingerprint density at radius 3 is 3.16 bits per heavy atom. The van der Waals surface area contributed by atoms with Crippen LogP contribution in [0.15, 0.2) is 36.7 Å². The summed E-state index contributed by atoms with van der Waals surface area (Å²) in [7, 11) is 0. The first kappa shape index (κ1) is 12.4. The van der Waals surface area contributed by atoms with Gasteiger partial charge in [0.2, 0.25) is 0 Å². The summed E-state index contributed by atoms with van der Waals surface area (Å²) in [6.07, 6.45) is 3.46. The van der Waals surface area contributed by atoms with Crippen LogP contribution in [0.25, 0.3) is 0 Å². The van der Waals surface area contributed by atoms with Crippen LogP contribution in [0, 0.1) is 0 Å². The maximum absolute atomic E-state index is 10.6. The van der Waals surface area contributed by atoms with Crippen LogP contribution in [0.3, 0.4) is 0 Å². The molecule has 0 fully saturated rings. The smallest absolute Gasteiger partial charge is 0.142 e. The molecule has 0 bridgehead atoms. The van der Waals surface area contributed by atoms with Crippen molar-refractivity contribution in [2.24, 2.45) is 0 Å². The molecule has 1 N–H and O–H groups in total. The van der Waals surface area contributed by atoms with Crippen molar-refractivity contribution in [1.29, 1.82) is 0 Å². The molecule has 2 aromatic rings. The molecule has 19 heavy (non-hydrogen) atoms. The van der Waals surface area contributed by atoms with E-state index in [0.29, 0.717) is 12.4 Å². The van der Waals surface area contributed by atoms with Crippen LogP contribution in [0.2, 0.25) is 0 Å². The molecule has 0 aliphatic carbocycles. The molecule has 1 aromatic heterocycles. The summed E-state index contributed by atoms with van der Waals surface area (Å²) in [5.74, 6) is 0.671. The molecule has 2 heterocycles. The van der Waals surface area contributed by atoms with E-state index in [4.69, 9.17) is 4.74 Å². The Balaban J connectivity index is 1.95. The van der Waals surface area contributed by atoms with Gasteiger partial charge in [-0.3, -0.25) is 0 Å². The second-order valence-electron chi connectivity index (χ2n) is 4.76. The Bertz CT molecular complexity index is 565. The van der Waals surface area contributed by atoms with Crippen molar-refractivity contribution in [3.8, 4) is 0 Å². The van der Waals surface area contributed by atoms with Crippen molar-refractivity contribution in [3.05, 3.63) is 53.6 Å². The lowest BCUT2D eigenvalue weighted by Crippen LogP contribution is -2.24. The van der Waals surface area contributed by atoms with Gasteiger partial charge in [0.1, 0.15) is 18.0 Å². The number of benzene rings is 1. The van der Waals surface area contributed by atoms with Crippen LogP contribution in [0.4, 0.5) is 0 Å². The van der Waals surface area contributed by atoms with Gasteiger partial charge < -0.3 is 14.4 Å². The first-order valence-corrected chi connectivity index (χ1v) is 6.69. The van der Waals surface area contributed by atoms with Gasteiger partial charge in [0, 0.05) is 18.9 Å². The number of aliphatic hydroxyl groups is 1. The molecule has 100 valence electrons. The molecule has 1 aliphatic heterocycles. The monoisotopic (exact) mass is 258 g/mol. The van der Waals surface area contributed by atoms with Gasteiger partial charge in [-0.25, -0.2) is 4.98 Å². The lowest BCUT2D eigenvalue weighted by molar-refractivity contribution is -0.0529. The van der Waals surface area contributed by atoms with Crippen LogP contribution in [0.5, 0.6) is 0 Å². The lowest BCUT2D eigenvalue weighted by atomic mass is 9.94. The Kier molecular flexibility index (Phi) is 3.36. The summed E-state index contributed by atoms with van der Waals surface area (Å²) < 4.78 is 7.74. The molecular weight excluding hydrogens is 240 g/mol. The molecule has 0 radical (unpaired) electrons. The third-order valence-corrected chi connectivity index (χ3v) is 3.67. The van der Waals surface area contributed by atoms with Crippen molar-refractivity contribution < 1.29 is 9.84 Å². The summed E-state index contributed by atoms with van der Waals surface area (Å²) in [6.45, 7) is 3.47. The lowest BCUT2D eigenvalue weighted by Gasteiger charge is -2.29. The Morgan fingerprint density at radius 2 is 2.32 bits per heavy atom. The fraction of sp³-hybridized carbons (Fsp3) is 0.400. The van der Waals surface area contributed by atoms with Gasteiger partial charge in [0.25, 0.3) is 0 Å². The second kappa shape index (κ2) is 5.15. The van der Waals surface area contributed by atoms with Gasteiger partial charge in [0.05, 0.1) is 6.61 Å². The normalized spacial score (nSPS) is 20.0. The van der Waals surface area contributed by atoms with E-state index in [-0.39, 0.29) is 6.10 Å². The molecule has 0 saturated carbocycles. The minimum atomic E-state index is -0.726. The van der Waals surface area contributed by atoms with Crippen LogP contribution < -0.4 is 0 Å². The fourth-order valence-corrected chi connectivity index (χ4v) is 2.68. The van der Waals surface area contributed by atoms with Crippen molar-refractivity contribution in [2.75, 3.05) is 6.61 Å². The summed E-state index contributed by atoms with van der Waals surface area (Å²) in [4.78, 5) is 4.27. The quantitative estimate of drug-likeness (QED) is 0.918. The minimum Gasteiger partial charge on any atom is -0.382 e. The first-order chi connectivity index (χ1) is 9.31. The van der Waals surface area contributed by atoms with E-state index in [2.05, 4.69) is 11.1 Å². The van der Waals surface area contributed by atoms with Crippen molar-refractivity contribution in [2.45, 2.75) is 32.1 Å². The number of imidazole rings is 1. The molecule has 1 aliphatic rings. The second-order valence-corrected chi connectivity index (χ2v) is 4.76. The number of fused-ring (bicyclic) bond motifs is 1. The number of aryl methyl sites for hydroxylation is 1. The van der Waals surface area contributed by atoms with E-state index in [9.17, 15) is 5.11 Å². The van der Waals surface area contributed by atoms with E-state index in [1.807, 2.05) is 35.9 Å². The third kappa shape index (κ3) is 2.17. The molecule has 1 aromatic carbocycles. The SMILES string of the molecule is CCn1ccnc1C(O)C1OCCc2ccccc21. The standard InChI is InChI=1S/C15H18N2O2/c1-2-17-9-8-16-15(17)13(18)14-12-6-4-3-5-11(12)7-10-19-14/h3-6,8-9,13-14,18H,2,7,10H2,1H3. The highest BCUT2D eigenvalue weighted by atomic mass is 16.5. The van der Waals surface area contributed by atoms with Gasteiger partial charge in [-0.05, 0) is 24.5 Å². The number of rotatable bonds is 3. The van der Waals surface area contributed by atoms with E-state index >= 15 is 0 Å². The predicted octanol–water partition coefficient (Wildman–Crippen LogP) is 2.25. The average molecular weight is 258 g/mol. The molecule has 2 atom stereocenters. The highest BCUT2D eigenvalue weighted by Crippen LogP contribution is 2.36. The molecule has 3 rings (SSSR count). The van der Waals surface area contributed by atoms with Gasteiger partial charge in [-0.1, -0.05) is 24.3 Å². The van der Waals surface area contributed by atoms with Gasteiger partial charge in [-0.2, -0.15) is 0 Å². The molecule has 0 spiro atoms. The summed E-state index contributed by atoms with van der Waals surface area (Å²) in [5.41, 5.74) is 2.33. The van der Waals surface area contributed by atoms with Crippen LogP contribution in [0.1, 0.15) is 36.1 Å². The van der Waals surface area contributed by atoms with Crippen molar-refractivity contribution in [3.63, 3.8) is 0 Å². The number of hydrogen-bond acceptors (Lipinski definition) is 3. The summed E-state index contributed by atoms with van der Waals surface area (Å²) >= 11 is 0. The van der Waals surface area contributed by atoms with E-state index in [1.54, 1.807) is 6.20 Å². The largest absolute Gasteiger partial charge is 0.382 e. The molecule has 0 saturated heterocycles. The zero-order valence-electron chi connectivity index (χ0n) is 11.0. The zero-order valence-corrected chi connectivity index (χ0v) is 11.0. The first-order valence-electron chi connectivity index (χ1n) is 6.69. The number of ether oxygens (including phenoxy) is 1. The highest BCUT2D eigenvalue weighted by molar-refractivity contribution is 5.32. The van der Waals surface area contributed by atoms with Gasteiger partial charge in [0.15, 0.2) is 0 Å². The van der Waals surface area contributed by atoms with Crippen molar-refractivity contribution in [1.82, 2.24) is 9.55 Å². The molecule has 4 nitrogen and oxygen atoms in total. The van der Waals surface area contributed by atoms with Gasteiger partial charge in [-0.15, -0.1) is 0 Å². The van der Waals surface area contributed by atoms with Crippen molar-refractivity contribution >= 4 is 0 Å². The van der Waals surface area contributed by atoms with E-state index in [1.165, 1.54) is 5.56 Å². The van der Waals surface area contributed by atoms with Crippen LogP contribution in [-0.2, 0) is 17.7 Å². The average Bonchev–Trinajstić information content (AvgIpc) is 2.94. The Labute approximate surface area is 112 Å². The maximum Gasteiger partial charge on any atom is 0.142 e.